The number of carbonyl (C=O) groups excluding carboxylic acids is 1. The Bertz CT molecular complexity index is 792. The monoisotopic (exact) mass is 275 g/mol. The Labute approximate surface area is 124 Å². The van der Waals surface area contributed by atoms with Gasteiger partial charge in [0.05, 0.1) is 6.42 Å². The first-order chi connectivity index (χ1) is 10.2. The van der Waals surface area contributed by atoms with E-state index >= 15 is 0 Å². The third-order valence-electron chi connectivity index (χ3n) is 3.48. The lowest BCUT2D eigenvalue weighted by atomic mass is 10.1. The molecule has 0 radical (unpaired) electrons. The van der Waals surface area contributed by atoms with Crippen LogP contribution in [0.1, 0.15) is 11.1 Å². The lowest BCUT2D eigenvalue weighted by Crippen LogP contribution is -2.14. The highest BCUT2D eigenvalue weighted by molar-refractivity contribution is 5.95. The molecule has 0 unspecified atom stereocenters. The fourth-order valence-corrected chi connectivity index (χ4v) is 2.48. The van der Waals surface area contributed by atoms with E-state index in [2.05, 4.69) is 11.4 Å². The zero-order chi connectivity index (χ0) is 14.7. The normalized spacial score (nSPS) is 10.5. The van der Waals surface area contributed by atoms with Gasteiger partial charge in [-0.15, -0.1) is 0 Å². The number of hydrogen-bond acceptors (Lipinski definition) is 1. The van der Waals surface area contributed by atoms with Crippen molar-refractivity contribution in [3.8, 4) is 0 Å². The highest BCUT2D eigenvalue weighted by Gasteiger charge is 2.05. The van der Waals surface area contributed by atoms with Crippen molar-refractivity contribution in [2.24, 2.45) is 0 Å². The summed E-state index contributed by atoms with van der Waals surface area (Å²) in [5.74, 6) is 0.0101. The van der Waals surface area contributed by atoms with Gasteiger partial charge in [-0.2, -0.15) is 0 Å². The van der Waals surface area contributed by atoms with Crippen molar-refractivity contribution < 1.29 is 4.79 Å². The van der Waals surface area contributed by atoms with Gasteiger partial charge in [-0.05, 0) is 35.4 Å². The molecule has 0 bridgehead atoms. The van der Waals surface area contributed by atoms with Crippen LogP contribution in [0.2, 0.25) is 0 Å². The molecule has 2 nitrogen and oxygen atoms in total. The average molecular weight is 275 g/mol. The Morgan fingerprint density at radius 2 is 1.71 bits per heavy atom. The Hall–Kier alpha value is -2.61. The second kappa shape index (κ2) is 5.80. The zero-order valence-corrected chi connectivity index (χ0v) is 12.0. The lowest BCUT2D eigenvalue weighted by Gasteiger charge is -2.07. The molecule has 0 heterocycles. The van der Waals surface area contributed by atoms with Crippen molar-refractivity contribution >= 4 is 22.4 Å². The first-order valence-electron chi connectivity index (χ1n) is 7.05. The first kappa shape index (κ1) is 13.4. The van der Waals surface area contributed by atoms with Gasteiger partial charge in [0.2, 0.25) is 5.91 Å². The fourth-order valence-electron chi connectivity index (χ4n) is 2.48. The highest BCUT2D eigenvalue weighted by atomic mass is 16.1. The molecule has 0 aliphatic carbocycles. The first-order valence-corrected chi connectivity index (χ1v) is 7.05. The van der Waals surface area contributed by atoms with Crippen molar-refractivity contribution in [2.75, 3.05) is 5.32 Å². The van der Waals surface area contributed by atoms with E-state index in [4.69, 9.17) is 0 Å². The predicted octanol–water partition coefficient (Wildman–Crippen LogP) is 4.33. The zero-order valence-electron chi connectivity index (χ0n) is 12.0. The van der Waals surface area contributed by atoms with Gasteiger partial charge < -0.3 is 5.32 Å². The van der Waals surface area contributed by atoms with Crippen LogP contribution in [0.25, 0.3) is 10.8 Å². The molecule has 21 heavy (non-hydrogen) atoms. The largest absolute Gasteiger partial charge is 0.326 e. The Morgan fingerprint density at radius 3 is 2.52 bits per heavy atom. The quantitative estimate of drug-likeness (QED) is 0.757. The van der Waals surface area contributed by atoms with Gasteiger partial charge in [0.1, 0.15) is 0 Å². The van der Waals surface area contributed by atoms with Gasteiger partial charge in [0, 0.05) is 5.69 Å². The number of benzene rings is 3. The third-order valence-corrected chi connectivity index (χ3v) is 3.48. The van der Waals surface area contributed by atoms with E-state index in [0.29, 0.717) is 6.42 Å². The van der Waals surface area contributed by atoms with Crippen LogP contribution in [0.4, 0.5) is 5.69 Å². The number of hydrogen-bond donors (Lipinski definition) is 1. The SMILES string of the molecule is Cc1cccc(CC(=O)Nc2ccc3ccccc3c2)c1. The number of fused-ring (bicyclic) bond motifs is 1. The standard InChI is InChI=1S/C19H17NO/c1-14-5-4-6-15(11-14)12-19(21)20-18-10-9-16-7-2-3-8-17(16)13-18/h2-11,13H,12H2,1H3,(H,20,21). The molecule has 3 aromatic carbocycles. The van der Waals surface area contributed by atoms with Crippen LogP contribution in [-0.4, -0.2) is 5.91 Å². The minimum absolute atomic E-state index is 0.0101. The summed E-state index contributed by atoms with van der Waals surface area (Å²) < 4.78 is 0. The average Bonchev–Trinajstić information content (AvgIpc) is 2.47. The predicted molar refractivity (Wildman–Crippen MR) is 87.5 cm³/mol. The van der Waals surface area contributed by atoms with Crippen molar-refractivity contribution in [3.63, 3.8) is 0 Å². The molecule has 0 saturated carbocycles. The molecular weight excluding hydrogens is 258 g/mol. The minimum atomic E-state index is 0.0101. The topological polar surface area (TPSA) is 29.1 Å². The molecule has 3 rings (SSSR count). The molecule has 0 aliphatic heterocycles. The number of carbonyl (C=O) groups is 1. The Kier molecular flexibility index (Phi) is 3.69. The smallest absolute Gasteiger partial charge is 0.228 e. The molecule has 2 heteroatoms. The number of aryl methyl sites for hydroxylation is 1. The van der Waals surface area contributed by atoms with Gasteiger partial charge in [-0.25, -0.2) is 0 Å². The van der Waals surface area contributed by atoms with Crippen molar-refractivity contribution in [3.05, 3.63) is 77.9 Å². The van der Waals surface area contributed by atoms with Gasteiger partial charge in [-0.3, -0.25) is 4.79 Å². The van der Waals surface area contributed by atoms with E-state index in [0.717, 1.165) is 16.6 Å². The third kappa shape index (κ3) is 3.29. The summed E-state index contributed by atoms with van der Waals surface area (Å²) in [5.41, 5.74) is 3.05. The van der Waals surface area contributed by atoms with Crippen molar-refractivity contribution in [1.82, 2.24) is 0 Å². The number of anilines is 1. The van der Waals surface area contributed by atoms with E-state index in [1.165, 1.54) is 10.9 Å². The summed E-state index contributed by atoms with van der Waals surface area (Å²) in [6.45, 7) is 2.03. The Balaban J connectivity index is 1.74. The fraction of sp³-hybridized carbons (Fsp3) is 0.105. The molecule has 3 aromatic rings. The maximum absolute atomic E-state index is 12.1. The molecule has 0 spiro atoms. The van der Waals surface area contributed by atoms with Gasteiger partial charge >= 0.3 is 0 Å². The molecule has 1 amide bonds. The van der Waals surface area contributed by atoms with E-state index in [-0.39, 0.29) is 5.91 Å². The van der Waals surface area contributed by atoms with Crippen LogP contribution < -0.4 is 5.32 Å². The Morgan fingerprint density at radius 1 is 0.905 bits per heavy atom. The second-order valence-electron chi connectivity index (χ2n) is 5.28. The van der Waals surface area contributed by atoms with Gasteiger partial charge in [0.25, 0.3) is 0 Å². The van der Waals surface area contributed by atoms with Crippen molar-refractivity contribution in [2.45, 2.75) is 13.3 Å². The van der Waals surface area contributed by atoms with E-state index in [1.807, 2.05) is 67.6 Å². The van der Waals surface area contributed by atoms with Gasteiger partial charge in [0.15, 0.2) is 0 Å². The molecular formula is C19H17NO. The van der Waals surface area contributed by atoms with Gasteiger partial charge in [-0.1, -0.05) is 60.2 Å². The van der Waals surface area contributed by atoms with Crippen LogP contribution in [0, 0.1) is 6.92 Å². The van der Waals surface area contributed by atoms with Crippen LogP contribution in [0.15, 0.2) is 66.7 Å². The molecule has 0 saturated heterocycles. The van der Waals surface area contributed by atoms with Crippen LogP contribution in [0.3, 0.4) is 0 Å². The summed E-state index contributed by atoms with van der Waals surface area (Å²) in [5, 5.41) is 5.27. The lowest BCUT2D eigenvalue weighted by molar-refractivity contribution is -0.115. The molecule has 0 atom stereocenters. The molecule has 1 N–H and O–H groups in total. The molecule has 0 fully saturated rings. The maximum atomic E-state index is 12.1. The van der Waals surface area contributed by atoms with E-state index < -0.39 is 0 Å². The number of nitrogens with one attached hydrogen (secondary N) is 1. The van der Waals surface area contributed by atoms with Crippen LogP contribution in [0.5, 0.6) is 0 Å². The van der Waals surface area contributed by atoms with Crippen LogP contribution >= 0.6 is 0 Å². The van der Waals surface area contributed by atoms with Crippen molar-refractivity contribution in [1.29, 1.82) is 0 Å². The molecule has 0 aliphatic rings. The number of rotatable bonds is 3. The van der Waals surface area contributed by atoms with Crippen LogP contribution in [-0.2, 0) is 11.2 Å². The summed E-state index contributed by atoms with van der Waals surface area (Å²) in [7, 11) is 0. The number of amides is 1. The summed E-state index contributed by atoms with van der Waals surface area (Å²) >= 11 is 0. The van der Waals surface area contributed by atoms with E-state index in [9.17, 15) is 4.79 Å². The molecule has 104 valence electrons. The highest BCUT2D eigenvalue weighted by Crippen LogP contribution is 2.19. The summed E-state index contributed by atoms with van der Waals surface area (Å²) in [6.07, 6.45) is 0.397. The minimum Gasteiger partial charge on any atom is -0.326 e. The molecule has 0 aromatic heterocycles. The summed E-state index contributed by atoms with van der Waals surface area (Å²) in [6, 6.07) is 22.1. The second-order valence-corrected chi connectivity index (χ2v) is 5.28. The van der Waals surface area contributed by atoms with E-state index in [1.54, 1.807) is 0 Å². The maximum Gasteiger partial charge on any atom is 0.228 e. The summed E-state index contributed by atoms with van der Waals surface area (Å²) in [4.78, 5) is 12.1.